The van der Waals surface area contributed by atoms with Crippen LogP contribution in [-0.2, 0) is 0 Å². The molecule has 15 heavy (non-hydrogen) atoms. The largest absolute Gasteiger partial charge is 0.298 e. The average molecular weight is 220 g/mol. The van der Waals surface area contributed by atoms with Crippen LogP contribution in [0.3, 0.4) is 0 Å². The van der Waals surface area contributed by atoms with Crippen LogP contribution in [0.5, 0.6) is 0 Å². The first-order valence-electron chi connectivity index (χ1n) is 4.51. The summed E-state index contributed by atoms with van der Waals surface area (Å²) in [7, 11) is 0. The Balaban J connectivity index is 2.49. The Morgan fingerprint density at radius 1 is 1.33 bits per heavy atom. The molecule has 2 aromatic rings. The van der Waals surface area contributed by atoms with Crippen LogP contribution in [0.15, 0.2) is 29.6 Å². The summed E-state index contributed by atoms with van der Waals surface area (Å²) in [4.78, 5) is 11.3. The molecule has 0 aliphatic rings. The van der Waals surface area contributed by atoms with Crippen molar-refractivity contribution in [2.45, 2.75) is 6.92 Å². The molecule has 0 amide bonds. The van der Waals surface area contributed by atoms with E-state index in [1.54, 1.807) is 17.5 Å². The lowest BCUT2D eigenvalue weighted by molar-refractivity contribution is 0.112. The van der Waals surface area contributed by atoms with Gasteiger partial charge < -0.3 is 0 Å². The molecule has 0 saturated carbocycles. The van der Waals surface area contributed by atoms with Gasteiger partial charge in [-0.25, -0.2) is 4.39 Å². The average Bonchev–Trinajstić information content (AvgIpc) is 2.66. The fourth-order valence-electron chi connectivity index (χ4n) is 1.37. The van der Waals surface area contributed by atoms with Crippen molar-refractivity contribution in [1.29, 1.82) is 0 Å². The van der Waals surface area contributed by atoms with Gasteiger partial charge in [-0.05, 0) is 24.6 Å². The highest BCUT2D eigenvalue weighted by Gasteiger charge is 2.07. The van der Waals surface area contributed by atoms with Crippen molar-refractivity contribution in [3.8, 4) is 10.4 Å². The normalized spacial score (nSPS) is 10.3. The molecule has 0 unspecified atom stereocenters. The van der Waals surface area contributed by atoms with Crippen molar-refractivity contribution < 1.29 is 9.18 Å². The van der Waals surface area contributed by atoms with E-state index in [4.69, 9.17) is 0 Å². The molecule has 0 atom stereocenters. The van der Waals surface area contributed by atoms with E-state index in [9.17, 15) is 9.18 Å². The van der Waals surface area contributed by atoms with Crippen LogP contribution in [0, 0.1) is 12.7 Å². The van der Waals surface area contributed by atoms with Gasteiger partial charge in [0.05, 0.1) is 0 Å². The number of aryl methyl sites for hydroxylation is 1. The summed E-state index contributed by atoms with van der Waals surface area (Å²) in [6, 6.07) is 6.80. The maximum Gasteiger partial charge on any atom is 0.150 e. The molecule has 2 rings (SSSR count). The molecule has 0 aliphatic carbocycles. The summed E-state index contributed by atoms with van der Waals surface area (Å²) in [5.74, 6) is -0.241. The van der Waals surface area contributed by atoms with Crippen molar-refractivity contribution in [2.75, 3.05) is 0 Å². The van der Waals surface area contributed by atoms with Crippen LogP contribution in [0.2, 0.25) is 0 Å². The fraction of sp³-hybridized carbons (Fsp3) is 0.0833. The van der Waals surface area contributed by atoms with E-state index >= 15 is 0 Å². The fourth-order valence-corrected chi connectivity index (χ4v) is 2.26. The Morgan fingerprint density at radius 3 is 2.73 bits per heavy atom. The van der Waals surface area contributed by atoms with E-state index in [0.29, 0.717) is 11.1 Å². The summed E-state index contributed by atoms with van der Waals surface area (Å²) >= 11 is 1.38. The minimum atomic E-state index is -0.241. The van der Waals surface area contributed by atoms with Gasteiger partial charge in [0.2, 0.25) is 0 Å². The number of rotatable bonds is 2. The number of hydrogen-bond donors (Lipinski definition) is 0. The minimum absolute atomic E-state index is 0.241. The van der Waals surface area contributed by atoms with E-state index in [-0.39, 0.29) is 5.82 Å². The van der Waals surface area contributed by atoms with E-state index < -0.39 is 0 Å². The molecule has 0 fully saturated rings. The molecule has 0 spiro atoms. The molecule has 3 heteroatoms. The summed E-state index contributed by atoms with van der Waals surface area (Å²) < 4.78 is 13.6. The molecule has 0 N–H and O–H groups in total. The monoisotopic (exact) mass is 220 g/mol. The number of carbonyl (C=O) groups excluding carboxylic acids is 1. The molecular formula is C12H9FOS. The SMILES string of the molecule is Cc1ccc(-c2cc(C=O)cs2)c(F)c1. The van der Waals surface area contributed by atoms with Gasteiger partial charge in [0.15, 0.2) is 6.29 Å². The highest BCUT2D eigenvalue weighted by Crippen LogP contribution is 2.29. The lowest BCUT2D eigenvalue weighted by Gasteiger charge is -2.00. The van der Waals surface area contributed by atoms with Crippen LogP contribution < -0.4 is 0 Å². The van der Waals surface area contributed by atoms with Crippen LogP contribution in [0.4, 0.5) is 4.39 Å². The van der Waals surface area contributed by atoms with E-state index in [1.807, 2.05) is 13.0 Å². The zero-order chi connectivity index (χ0) is 10.8. The maximum atomic E-state index is 13.6. The zero-order valence-corrected chi connectivity index (χ0v) is 8.98. The second kappa shape index (κ2) is 3.95. The highest BCUT2D eigenvalue weighted by molar-refractivity contribution is 7.13. The third-order valence-corrected chi connectivity index (χ3v) is 3.13. The van der Waals surface area contributed by atoms with Gasteiger partial charge in [-0.3, -0.25) is 4.79 Å². The topological polar surface area (TPSA) is 17.1 Å². The summed E-state index contributed by atoms with van der Waals surface area (Å²) in [6.45, 7) is 1.85. The summed E-state index contributed by atoms with van der Waals surface area (Å²) in [5, 5.41) is 1.72. The summed E-state index contributed by atoms with van der Waals surface area (Å²) in [6.07, 6.45) is 0.770. The molecule has 0 radical (unpaired) electrons. The number of carbonyl (C=O) groups is 1. The van der Waals surface area contributed by atoms with Gasteiger partial charge in [-0.1, -0.05) is 12.1 Å². The number of thiophene rings is 1. The lowest BCUT2D eigenvalue weighted by atomic mass is 10.1. The molecule has 0 bridgehead atoms. The predicted octanol–water partition coefficient (Wildman–Crippen LogP) is 3.68. The van der Waals surface area contributed by atoms with Crippen LogP contribution >= 0.6 is 11.3 Å². The molecule has 1 heterocycles. The Hall–Kier alpha value is -1.48. The van der Waals surface area contributed by atoms with Crippen LogP contribution in [0.25, 0.3) is 10.4 Å². The quantitative estimate of drug-likeness (QED) is 0.706. The Kier molecular flexibility index (Phi) is 2.64. The van der Waals surface area contributed by atoms with Gasteiger partial charge >= 0.3 is 0 Å². The molecule has 0 aliphatic heterocycles. The van der Waals surface area contributed by atoms with Crippen molar-refractivity contribution in [1.82, 2.24) is 0 Å². The Bertz CT molecular complexity index is 502. The second-order valence-electron chi connectivity index (χ2n) is 3.35. The first-order chi connectivity index (χ1) is 7.20. The van der Waals surface area contributed by atoms with Crippen LogP contribution in [0.1, 0.15) is 15.9 Å². The number of halogens is 1. The van der Waals surface area contributed by atoms with Gasteiger partial charge in [-0.2, -0.15) is 0 Å². The standard InChI is InChI=1S/C12H9FOS/c1-8-2-3-10(11(13)4-8)12-5-9(6-14)7-15-12/h2-7H,1H3. The zero-order valence-electron chi connectivity index (χ0n) is 8.16. The van der Waals surface area contributed by atoms with Gasteiger partial charge in [0, 0.05) is 21.4 Å². The molecule has 0 saturated heterocycles. The van der Waals surface area contributed by atoms with Crippen molar-refractivity contribution >= 4 is 17.6 Å². The van der Waals surface area contributed by atoms with E-state index in [1.165, 1.54) is 17.4 Å². The van der Waals surface area contributed by atoms with Crippen LogP contribution in [-0.4, -0.2) is 6.29 Å². The van der Waals surface area contributed by atoms with Gasteiger partial charge in [0.1, 0.15) is 5.82 Å². The molecule has 1 aromatic heterocycles. The molecule has 1 nitrogen and oxygen atoms in total. The third kappa shape index (κ3) is 1.97. The molecule has 76 valence electrons. The molecular weight excluding hydrogens is 211 g/mol. The highest BCUT2D eigenvalue weighted by atomic mass is 32.1. The Morgan fingerprint density at radius 2 is 2.13 bits per heavy atom. The number of benzene rings is 1. The first-order valence-corrected chi connectivity index (χ1v) is 5.39. The second-order valence-corrected chi connectivity index (χ2v) is 4.26. The lowest BCUT2D eigenvalue weighted by Crippen LogP contribution is -1.82. The minimum Gasteiger partial charge on any atom is -0.298 e. The first kappa shape index (κ1) is 10.1. The third-order valence-electron chi connectivity index (χ3n) is 2.15. The van der Waals surface area contributed by atoms with E-state index in [2.05, 4.69) is 0 Å². The number of aldehydes is 1. The summed E-state index contributed by atoms with van der Waals surface area (Å²) in [5.41, 5.74) is 2.04. The Labute approximate surface area is 91.2 Å². The predicted molar refractivity (Wildman–Crippen MR) is 59.8 cm³/mol. The van der Waals surface area contributed by atoms with Crippen molar-refractivity contribution in [3.05, 3.63) is 46.6 Å². The van der Waals surface area contributed by atoms with Crippen molar-refractivity contribution in [3.63, 3.8) is 0 Å². The smallest absolute Gasteiger partial charge is 0.150 e. The van der Waals surface area contributed by atoms with Gasteiger partial charge in [0.25, 0.3) is 0 Å². The van der Waals surface area contributed by atoms with Gasteiger partial charge in [-0.15, -0.1) is 11.3 Å². The molecule has 1 aromatic carbocycles. The maximum absolute atomic E-state index is 13.6. The van der Waals surface area contributed by atoms with Crippen molar-refractivity contribution in [2.24, 2.45) is 0 Å². The number of hydrogen-bond acceptors (Lipinski definition) is 2. The van der Waals surface area contributed by atoms with E-state index in [0.717, 1.165) is 16.7 Å².